The molecule has 0 saturated carbocycles. The fraction of sp³-hybridized carbons (Fsp3) is 0.842. The first-order chi connectivity index (χ1) is 12.8. The summed E-state index contributed by atoms with van der Waals surface area (Å²) < 4.78 is 5.34. The Morgan fingerprint density at radius 1 is 1.22 bits per heavy atom. The zero-order valence-electron chi connectivity index (χ0n) is 16.6. The van der Waals surface area contributed by atoms with Crippen LogP contribution in [0.5, 0.6) is 0 Å². The van der Waals surface area contributed by atoms with Crippen molar-refractivity contribution in [3.8, 4) is 0 Å². The normalized spacial score (nSPS) is 25.7. The number of rotatable bonds is 7. The second-order valence-electron chi connectivity index (χ2n) is 8.13. The zero-order chi connectivity index (χ0) is 20.0. The summed E-state index contributed by atoms with van der Waals surface area (Å²) in [6, 6.07) is -0.376. The van der Waals surface area contributed by atoms with Crippen LogP contribution in [0.2, 0.25) is 0 Å². The summed E-state index contributed by atoms with van der Waals surface area (Å²) in [7, 11) is 1.59. The van der Waals surface area contributed by atoms with Crippen LogP contribution in [0.3, 0.4) is 0 Å². The number of piperidine rings is 1. The fourth-order valence-corrected chi connectivity index (χ4v) is 3.93. The number of nitrogens with one attached hydrogen (secondary N) is 1. The van der Waals surface area contributed by atoms with Crippen molar-refractivity contribution in [3.05, 3.63) is 0 Å². The molecular formula is C19H33N3O5. The monoisotopic (exact) mass is 383 g/mol. The lowest BCUT2D eigenvalue weighted by molar-refractivity contribution is -0.140. The number of aliphatic carboxylic acids is 1. The standard InChI is InChI=1S/C19H33N3O5/c1-13(2)10-20-19(26)21-6-4-5-14(11-21)7-17(23)22-12-16(27-3)8-15(22)9-18(24)25/h13-16H,4-12H2,1-3H3,(H,20,26)(H,24,25). The molecule has 2 rings (SSSR count). The minimum atomic E-state index is -0.903. The molecule has 27 heavy (non-hydrogen) atoms. The minimum absolute atomic E-state index is 0.0322. The summed E-state index contributed by atoms with van der Waals surface area (Å²) in [5.74, 6) is -0.426. The highest BCUT2D eigenvalue weighted by Crippen LogP contribution is 2.27. The zero-order valence-corrected chi connectivity index (χ0v) is 16.6. The maximum absolute atomic E-state index is 12.8. The van der Waals surface area contributed by atoms with Gasteiger partial charge in [0.2, 0.25) is 5.91 Å². The van der Waals surface area contributed by atoms with Crippen molar-refractivity contribution in [1.82, 2.24) is 15.1 Å². The summed E-state index contributed by atoms with van der Waals surface area (Å²) in [6.07, 6.45) is 2.53. The number of carbonyl (C=O) groups is 3. The molecule has 0 aromatic rings. The average Bonchev–Trinajstić information content (AvgIpc) is 3.02. The van der Waals surface area contributed by atoms with E-state index >= 15 is 0 Å². The molecular weight excluding hydrogens is 350 g/mol. The Hall–Kier alpha value is -1.83. The molecule has 2 fully saturated rings. The van der Waals surface area contributed by atoms with Crippen LogP contribution in [-0.2, 0) is 14.3 Å². The Balaban J connectivity index is 1.89. The molecule has 3 amide bonds. The molecule has 2 heterocycles. The Labute approximate surface area is 161 Å². The van der Waals surface area contributed by atoms with Crippen molar-refractivity contribution in [2.75, 3.05) is 33.3 Å². The molecule has 3 atom stereocenters. The number of carbonyl (C=O) groups excluding carboxylic acids is 2. The number of methoxy groups -OCH3 is 1. The summed E-state index contributed by atoms with van der Waals surface area (Å²) >= 11 is 0. The Morgan fingerprint density at radius 3 is 2.59 bits per heavy atom. The molecule has 8 heteroatoms. The van der Waals surface area contributed by atoms with Gasteiger partial charge in [-0.1, -0.05) is 13.8 Å². The maximum Gasteiger partial charge on any atom is 0.317 e. The number of likely N-dealkylation sites (tertiary alicyclic amines) is 2. The summed E-state index contributed by atoms with van der Waals surface area (Å²) in [5, 5.41) is 12.0. The number of urea groups is 1. The molecule has 8 nitrogen and oxygen atoms in total. The summed E-state index contributed by atoms with van der Waals surface area (Å²) in [4.78, 5) is 39.7. The van der Waals surface area contributed by atoms with Gasteiger partial charge in [-0.3, -0.25) is 9.59 Å². The SMILES string of the molecule is COC1CC(CC(=O)O)N(C(=O)CC2CCCN(C(=O)NCC(C)C)C2)C1. The molecule has 0 aromatic carbocycles. The van der Waals surface area contributed by atoms with E-state index in [2.05, 4.69) is 19.2 Å². The molecule has 0 aliphatic carbocycles. The molecule has 2 saturated heterocycles. The number of hydrogen-bond acceptors (Lipinski definition) is 4. The third-order valence-electron chi connectivity index (χ3n) is 5.37. The van der Waals surface area contributed by atoms with Crippen molar-refractivity contribution < 1.29 is 24.2 Å². The van der Waals surface area contributed by atoms with Gasteiger partial charge in [0, 0.05) is 45.8 Å². The van der Waals surface area contributed by atoms with Gasteiger partial charge in [0.1, 0.15) is 0 Å². The Morgan fingerprint density at radius 2 is 1.96 bits per heavy atom. The van der Waals surface area contributed by atoms with Crippen LogP contribution in [-0.4, -0.2) is 78.2 Å². The van der Waals surface area contributed by atoms with Gasteiger partial charge >= 0.3 is 12.0 Å². The number of carboxylic acids is 1. The van der Waals surface area contributed by atoms with Crippen molar-refractivity contribution in [1.29, 1.82) is 0 Å². The van der Waals surface area contributed by atoms with E-state index in [0.717, 1.165) is 12.8 Å². The molecule has 0 spiro atoms. The van der Waals surface area contributed by atoms with Crippen molar-refractivity contribution in [2.45, 2.75) is 58.1 Å². The van der Waals surface area contributed by atoms with Crippen LogP contribution < -0.4 is 5.32 Å². The fourth-order valence-electron chi connectivity index (χ4n) is 3.93. The highest BCUT2D eigenvalue weighted by atomic mass is 16.5. The lowest BCUT2D eigenvalue weighted by atomic mass is 9.94. The van der Waals surface area contributed by atoms with E-state index in [1.54, 1.807) is 16.9 Å². The van der Waals surface area contributed by atoms with E-state index < -0.39 is 5.97 Å². The van der Waals surface area contributed by atoms with Crippen LogP contribution in [0, 0.1) is 11.8 Å². The molecule has 0 radical (unpaired) electrons. The molecule has 2 aliphatic rings. The van der Waals surface area contributed by atoms with Crippen molar-refractivity contribution in [3.63, 3.8) is 0 Å². The lowest BCUT2D eigenvalue weighted by Gasteiger charge is -2.34. The van der Waals surface area contributed by atoms with Crippen LogP contribution in [0.1, 0.15) is 46.0 Å². The third-order valence-corrected chi connectivity index (χ3v) is 5.37. The first-order valence-corrected chi connectivity index (χ1v) is 9.87. The first-order valence-electron chi connectivity index (χ1n) is 9.87. The van der Waals surface area contributed by atoms with Gasteiger partial charge < -0.3 is 25.0 Å². The van der Waals surface area contributed by atoms with E-state index in [9.17, 15) is 14.4 Å². The highest BCUT2D eigenvalue weighted by Gasteiger charge is 2.37. The van der Waals surface area contributed by atoms with E-state index in [1.165, 1.54) is 0 Å². The summed E-state index contributed by atoms with van der Waals surface area (Å²) in [5.41, 5.74) is 0. The predicted molar refractivity (Wildman–Crippen MR) is 100 cm³/mol. The van der Waals surface area contributed by atoms with Gasteiger partial charge in [-0.05, 0) is 31.1 Å². The van der Waals surface area contributed by atoms with Gasteiger partial charge in [0.25, 0.3) is 0 Å². The van der Waals surface area contributed by atoms with Gasteiger partial charge in [0.15, 0.2) is 0 Å². The lowest BCUT2D eigenvalue weighted by Crippen LogP contribution is -2.47. The highest BCUT2D eigenvalue weighted by molar-refractivity contribution is 5.79. The molecule has 2 N–H and O–H groups in total. The quantitative estimate of drug-likeness (QED) is 0.695. The average molecular weight is 383 g/mol. The predicted octanol–water partition coefficient (Wildman–Crippen LogP) is 1.54. The largest absolute Gasteiger partial charge is 0.481 e. The van der Waals surface area contributed by atoms with Crippen LogP contribution >= 0.6 is 0 Å². The van der Waals surface area contributed by atoms with Gasteiger partial charge in [0.05, 0.1) is 12.5 Å². The molecule has 154 valence electrons. The first kappa shape index (κ1) is 21.5. The Kier molecular flexibility index (Phi) is 7.89. The van der Waals surface area contributed by atoms with Crippen LogP contribution in [0.25, 0.3) is 0 Å². The van der Waals surface area contributed by atoms with E-state index in [1.807, 2.05) is 0 Å². The minimum Gasteiger partial charge on any atom is -0.481 e. The Bertz CT molecular complexity index is 539. The van der Waals surface area contributed by atoms with Crippen LogP contribution in [0.4, 0.5) is 4.79 Å². The number of carboxylic acid groups (broad SMARTS) is 1. The second-order valence-corrected chi connectivity index (χ2v) is 8.13. The van der Waals surface area contributed by atoms with Gasteiger partial charge in [-0.2, -0.15) is 0 Å². The van der Waals surface area contributed by atoms with E-state index in [4.69, 9.17) is 9.84 Å². The maximum atomic E-state index is 12.8. The van der Waals surface area contributed by atoms with E-state index in [0.29, 0.717) is 44.9 Å². The van der Waals surface area contributed by atoms with Gasteiger partial charge in [-0.15, -0.1) is 0 Å². The number of hydrogen-bond donors (Lipinski definition) is 2. The topological polar surface area (TPSA) is 99.2 Å². The molecule has 3 unspecified atom stereocenters. The second kappa shape index (κ2) is 9.92. The van der Waals surface area contributed by atoms with Gasteiger partial charge in [-0.25, -0.2) is 4.79 Å². The molecule has 0 bridgehead atoms. The summed E-state index contributed by atoms with van der Waals surface area (Å²) in [6.45, 7) is 6.47. The number of ether oxygens (including phenoxy) is 1. The third kappa shape index (κ3) is 6.37. The van der Waals surface area contributed by atoms with E-state index in [-0.39, 0.29) is 36.4 Å². The van der Waals surface area contributed by atoms with Crippen molar-refractivity contribution in [2.24, 2.45) is 11.8 Å². The number of amides is 3. The number of nitrogens with zero attached hydrogens (tertiary/aromatic N) is 2. The van der Waals surface area contributed by atoms with Crippen LogP contribution in [0.15, 0.2) is 0 Å². The van der Waals surface area contributed by atoms with Crippen molar-refractivity contribution >= 4 is 17.9 Å². The smallest absolute Gasteiger partial charge is 0.317 e. The molecule has 0 aromatic heterocycles. The molecule has 2 aliphatic heterocycles.